The molecule has 31 heavy (non-hydrogen) atoms. The Kier molecular flexibility index (Phi) is 6.81. The summed E-state index contributed by atoms with van der Waals surface area (Å²) in [5.41, 5.74) is 1.65. The molecule has 0 aliphatic heterocycles. The van der Waals surface area contributed by atoms with Crippen molar-refractivity contribution in [3.8, 4) is 11.5 Å². The van der Waals surface area contributed by atoms with Gasteiger partial charge in [-0.3, -0.25) is 9.78 Å². The summed E-state index contributed by atoms with van der Waals surface area (Å²) in [4.78, 5) is 44.2. The number of Topliss-reactive ketones (excluding diaryl/α,β-unsaturated/α-hetero) is 1. The van der Waals surface area contributed by atoms with Crippen LogP contribution in [0.1, 0.15) is 49.4 Å². The molecule has 0 saturated carbocycles. The molecule has 160 valence electrons. The van der Waals surface area contributed by atoms with Gasteiger partial charge in [0.15, 0.2) is 6.61 Å². The molecule has 1 aromatic carbocycles. The number of nitrogens with one attached hydrogen (secondary N) is 1. The van der Waals surface area contributed by atoms with Crippen LogP contribution in [0.2, 0.25) is 0 Å². The van der Waals surface area contributed by atoms with E-state index in [9.17, 15) is 14.4 Å². The van der Waals surface area contributed by atoms with Crippen LogP contribution in [0.25, 0.3) is 0 Å². The predicted octanol–water partition coefficient (Wildman–Crippen LogP) is 4.04. The van der Waals surface area contributed by atoms with Gasteiger partial charge >= 0.3 is 11.9 Å². The number of benzene rings is 1. The topological polar surface area (TPSA) is 108 Å². The van der Waals surface area contributed by atoms with Gasteiger partial charge in [-0.1, -0.05) is 12.1 Å². The smallest absolute Gasteiger partial charge is 0.355 e. The van der Waals surface area contributed by atoms with Crippen LogP contribution < -0.4 is 4.74 Å². The quantitative estimate of drug-likeness (QED) is 0.431. The molecule has 0 fully saturated rings. The van der Waals surface area contributed by atoms with E-state index in [0.29, 0.717) is 22.6 Å². The summed E-state index contributed by atoms with van der Waals surface area (Å²) in [6.07, 6.45) is 3.13. The lowest BCUT2D eigenvalue weighted by Gasteiger charge is -2.10. The van der Waals surface area contributed by atoms with Gasteiger partial charge in [-0.25, -0.2) is 9.59 Å². The van der Waals surface area contributed by atoms with Gasteiger partial charge in [0.2, 0.25) is 5.78 Å². The molecule has 0 bridgehead atoms. The summed E-state index contributed by atoms with van der Waals surface area (Å²) in [6.45, 7) is 4.74. The summed E-state index contributed by atoms with van der Waals surface area (Å²) in [6, 6.07) is 9.97. The van der Waals surface area contributed by atoms with E-state index >= 15 is 0 Å². The lowest BCUT2D eigenvalue weighted by Crippen LogP contribution is -2.16. The van der Waals surface area contributed by atoms with Crippen molar-refractivity contribution < 1.29 is 28.6 Å². The number of carbonyl (C=O) groups excluding carboxylic acids is 3. The fourth-order valence-corrected chi connectivity index (χ4v) is 3.12. The number of pyridine rings is 1. The molecular weight excluding hydrogens is 400 g/mol. The lowest BCUT2D eigenvalue weighted by molar-refractivity contribution is 0.0470. The van der Waals surface area contributed by atoms with Crippen molar-refractivity contribution in [3.05, 3.63) is 76.9 Å². The second-order valence-corrected chi connectivity index (χ2v) is 6.63. The Morgan fingerprint density at radius 1 is 1.00 bits per heavy atom. The molecule has 0 unspecified atom stereocenters. The molecule has 0 amide bonds. The Morgan fingerprint density at radius 3 is 2.48 bits per heavy atom. The van der Waals surface area contributed by atoms with E-state index in [0.717, 1.165) is 0 Å². The lowest BCUT2D eigenvalue weighted by atomic mass is 10.1. The molecule has 0 saturated heterocycles. The van der Waals surface area contributed by atoms with E-state index in [-0.39, 0.29) is 23.6 Å². The summed E-state index contributed by atoms with van der Waals surface area (Å²) in [7, 11) is 0. The Morgan fingerprint density at radius 2 is 1.77 bits per heavy atom. The second-order valence-electron chi connectivity index (χ2n) is 6.63. The number of esters is 2. The van der Waals surface area contributed by atoms with Crippen LogP contribution in [0, 0.1) is 13.8 Å². The third-order valence-electron chi connectivity index (χ3n) is 4.50. The molecular formula is C23H22N2O6. The van der Waals surface area contributed by atoms with Gasteiger partial charge in [-0.2, -0.15) is 0 Å². The number of hydrogen-bond donors (Lipinski definition) is 1. The monoisotopic (exact) mass is 422 g/mol. The van der Waals surface area contributed by atoms with Gasteiger partial charge in [-0.05, 0) is 50.6 Å². The zero-order chi connectivity index (χ0) is 22.4. The largest absolute Gasteiger partial charge is 0.461 e. The third kappa shape index (κ3) is 4.98. The van der Waals surface area contributed by atoms with Crippen LogP contribution in [-0.2, 0) is 9.47 Å². The first-order valence-electron chi connectivity index (χ1n) is 9.65. The minimum Gasteiger partial charge on any atom is -0.461 e. The van der Waals surface area contributed by atoms with Gasteiger partial charge in [0, 0.05) is 17.5 Å². The Hall–Kier alpha value is -3.94. The van der Waals surface area contributed by atoms with Crippen molar-refractivity contribution in [2.75, 3.05) is 13.2 Å². The minimum absolute atomic E-state index is 0.175. The highest BCUT2D eigenvalue weighted by molar-refractivity contribution is 6.04. The number of rotatable bonds is 8. The van der Waals surface area contributed by atoms with Gasteiger partial charge in [0.25, 0.3) is 0 Å². The number of ketones is 1. The van der Waals surface area contributed by atoms with Crippen molar-refractivity contribution in [1.82, 2.24) is 9.97 Å². The van der Waals surface area contributed by atoms with Gasteiger partial charge in [0.1, 0.15) is 22.8 Å². The third-order valence-corrected chi connectivity index (χ3v) is 4.50. The molecule has 8 nitrogen and oxygen atoms in total. The molecule has 3 aromatic rings. The average Bonchev–Trinajstić information content (AvgIpc) is 3.07. The van der Waals surface area contributed by atoms with E-state index in [4.69, 9.17) is 14.2 Å². The van der Waals surface area contributed by atoms with Crippen molar-refractivity contribution in [2.24, 2.45) is 0 Å². The highest BCUT2D eigenvalue weighted by Gasteiger charge is 2.24. The zero-order valence-electron chi connectivity index (χ0n) is 17.4. The second kappa shape index (κ2) is 9.71. The van der Waals surface area contributed by atoms with Crippen LogP contribution in [0.5, 0.6) is 11.5 Å². The molecule has 2 aromatic heterocycles. The number of nitrogens with zero attached hydrogens (tertiary/aromatic N) is 1. The molecule has 2 heterocycles. The van der Waals surface area contributed by atoms with Crippen LogP contribution in [0.15, 0.2) is 48.8 Å². The highest BCUT2D eigenvalue weighted by Crippen LogP contribution is 2.25. The van der Waals surface area contributed by atoms with Crippen LogP contribution in [0.3, 0.4) is 0 Å². The maximum Gasteiger partial charge on any atom is 0.355 e. The van der Waals surface area contributed by atoms with Crippen molar-refractivity contribution in [2.45, 2.75) is 20.8 Å². The number of carbonyl (C=O) groups is 3. The van der Waals surface area contributed by atoms with E-state index in [2.05, 4.69) is 9.97 Å². The normalized spacial score (nSPS) is 10.4. The van der Waals surface area contributed by atoms with E-state index in [1.54, 1.807) is 63.4 Å². The van der Waals surface area contributed by atoms with Crippen molar-refractivity contribution in [3.63, 3.8) is 0 Å². The first-order valence-corrected chi connectivity index (χ1v) is 9.65. The number of H-pyrrole nitrogens is 1. The summed E-state index contributed by atoms with van der Waals surface area (Å²) >= 11 is 0. The fourth-order valence-electron chi connectivity index (χ4n) is 3.12. The molecule has 0 atom stereocenters. The predicted molar refractivity (Wildman–Crippen MR) is 112 cm³/mol. The van der Waals surface area contributed by atoms with Gasteiger partial charge in [-0.15, -0.1) is 0 Å². The Bertz CT molecular complexity index is 1100. The van der Waals surface area contributed by atoms with Gasteiger partial charge in [0.05, 0.1) is 12.8 Å². The number of aromatic nitrogens is 2. The zero-order valence-corrected chi connectivity index (χ0v) is 17.4. The molecule has 0 radical (unpaired) electrons. The molecule has 8 heteroatoms. The SMILES string of the molecule is CCOC(=O)c1[nH]c(C)c(C(=O)COC(=O)c2ccccc2Oc2cccnc2)c1C. The summed E-state index contributed by atoms with van der Waals surface area (Å²) in [5.74, 6) is -0.929. The number of hydrogen-bond acceptors (Lipinski definition) is 7. The Labute approximate surface area is 179 Å². The number of para-hydroxylation sites is 1. The van der Waals surface area contributed by atoms with Crippen LogP contribution in [-0.4, -0.2) is 40.9 Å². The van der Waals surface area contributed by atoms with Crippen molar-refractivity contribution >= 4 is 17.7 Å². The number of aromatic amines is 1. The highest BCUT2D eigenvalue weighted by atomic mass is 16.5. The fraction of sp³-hybridized carbons (Fsp3) is 0.217. The number of aryl methyl sites for hydroxylation is 1. The number of ether oxygens (including phenoxy) is 3. The molecule has 0 aliphatic carbocycles. The first kappa shape index (κ1) is 21.8. The van der Waals surface area contributed by atoms with E-state index < -0.39 is 24.3 Å². The maximum atomic E-state index is 12.7. The van der Waals surface area contributed by atoms with Crippen molar-refractivity contribution in [1.29, 1.82) is 0 Å². The molecule has 3 rings (SSSR count). The van der Waals surface area contributed by atoms with E-state index in [1.165, 1.54) is 6.20 Å². The average molecular weight is 422 g/mol. The Balaban J connectivity index is 1.72. The van der Waals surface area contributed by atoms with Crippen LogP contribution in [0.4, 0.5) is 0 Å². The first-order chi connectivity index (χ1) is 14.9. The maximum absolute atomic E-state index is 12.7. The van der Waals surface area contributed by atoms with E-state index in [1.807, 2.05) is 0 Å². The molecule has 0 aliphatic rings. The van der Waals surface area contributed by atoms with Crippen LogP contribution >= 0.6 is 0 Å². The summed E-state index contributed by atoms with van der Waals surface area (Å²) in [5, 5.41) is 0. The van der Waals surface area contributed by atoms with Gasteiger partial charge < -0.3 is 19.2 Å². The minimum atomic E-state index is -0.704. The standard InChI is InChI=1S/C23H22N2O6/c1-4-29-23(28)21-14(2)20(15(3)25-21)18(26)13-30-22(27)17-9-5-6-10-19(17)31-16-8-7-11-24-12-16/h5-12,25H,4,13H2,1-3H3. The molecule has 0 spiro atoms. The molecule has 1 N–H and O–H groups in total. The summed E-state index contributed by atoms with van der Waals surface area (Å²) < 4.78 is 15.9.